The number of anilines is 2. The topological polar surface area (TPSA) is 103 Å². The minimum absolute atomic E-state index is 0.124. The molecule has 0 bridgehead atoms. The molecule has 3 rings (SSSR count). The van der Waals surface area contributed by atoms with Gasteiger partial charge in [0, 0.05) is 19.2 Å². The SMILES string of the molecule is COc1ccc(Cl)c(Oc2c(N)nc(N3CCOCC3)nc2CO)c1. The first kappa shape index (κ1) is 17.5. The summed E-state index contributed by atoms with van der Waals surface area (Å²) in [5.74, 6) is 1.66. The zero-order valence-electron chi connectivity index (χ0n) is 13.7. The molecule has 0 atom stereocenters. The molecule has 0 amide bonds. The zero-order chi connectivity index (χ0) is 17.8. The summed E-state index contributed by atoms with van der Waals surface area (Å²) in [5, 5.41) is 10.1. The lowest BCUT2D eigenvalue weighted by atomic mass is 10.3. The third kappa shape index (κ3) is 3.87. The quantitative estimate of drug-likeness (QED) is 0.826. The summed E-state index contributed by atoms with van der Waals surface area (Å²) in [7, 11) is 1.54. The molecule has 25 heavy (non-hydrogen) atoms. The summed E-state index contributed by atoms with van der Waals surface area (Å²) >= 11 is 6.16. The van der Waals surface area contributed by atoms with Crippen molar-refractivity contribution in [2.24, 2.45) is 0 Å². The number of nitrogen functional groups attached to an aromatic ring is 1. The van der Waals surface area contributed by atoms with E-state index in [2.05, 4.69) is 9.97 Å². The number of ether oxygens (including phenoxy) is 3. The maximum atomic E-state index is 9.69. The number of methoxy groups -OCH3 is 1. The minimum Gasteiger partial charge on any atom is -0.497 e. The summed E-state index contributed by atoms with van der Waals surface area (Å²) in [4.78, 5) is 10.6. The number of aliphatic hydroxyl groups excluding tert-OH is 1. The Morgan fingerprint density at radius 1 is 1.32 bits per heavy atom. The number of aromatic nitrogens is 2. The Bertz CT molecular complexity index is 753. The monoisotopic (exact) mass is 366 g/mol. The van der Waals surface area contributed by atoms with Gasteiger partial charge in [0.25, 0.3) is 0 Å². The van der Waals surface area contributed by atoms with Crippen LogP contribution in [0.5, 0.6) is 17.2 Å². The lowest BCUT2D eigenvalue weighted by molar-refractivity contribution is 0.122. The maximum absolute atomic E-state index is 9.69. The van der Waals surface area contributed by atoms with Crippen molar-refractivity contribution in [1.29, 1.82) is 0 Å². The Labute approximate surface area is 150 Å². The van der Waals surface area contributed by atoms with Gasteiger partial charge in [0.2, 0.25) is 5.95 Å². The van der Waals surface area contributed by atoms with E-state index in [1.165, 1.54) is 0 Å². The van der Waals surface area contributed by atoms with E-state index in [0.29, 0.717) is 48.8 Å². The van der Waals surface area contributed by atoms with Gasteiger partial charge >= 0.3 is 0 Å². The summed E-state index contributed by atoms with van der Waals surface area (Å²) in [5.41, 5.74) is 6.34. The van der Waals surface area contributed by atoms with Crippen molar-refractivity contribution >= 4 is 23.4 Å². The lowest BCUT2D eigenvalue weighted by Gasteiger charge is -2.27. The van der Waals surface area contributed by atoms with Gasteiger partial charge in [0.1, 0.15) is 17.2 Å². The fourth-order valence-corrected chi connectivity index (χ4v) is 2.58. The molecule has 1 fully saturated rings. The number of hydrogen-bond donors (Lipinski definition) is 2. The molecular weight excluding hydrogens is 348 g/mol. The van der Waals surface area contributed by atoms with E-state index in [1.807, 2.05) is 4.90 Å². The highest BCUT2D eigenvalue weighted by Crippen LogP contribution is 2.36. The smallest absolute Gasteiger partial charge is 0.228 e. The number of benzene rings is 1. The molecule has 9 heteroatoms. The summed E-state index contributed by atoms with van der Waals surface area (Å²) in [6, 6.07) is 4.98. The van der Waals surface area contributed by atoms with Gasteiger partial charge in [0.15, 0.2) is 11.6 Å². The number of aliphatic hydroxyl groups is 1. The highest BCUT2D eigenvalue weighted by molar-refractivity contribution is 6.32. The Balaban J connectivity index is 1.93. The second-order valence-electron chi connectivity index (χ2n) is 5.34. The summed E-state index contributed by atoms with van der Waals surface area (Å²) in [6.07, 6.45) is 0. The van der Waals surface area contributed by atoms with Gasteiger partial charge in [0.05, 0.1) is 32.0 Å². The van der Waals surface area contributed by atoms with Crippen molar-refractivity contribution in [2.45, 2.75) is 6.61 Å². The molecule has 2 heterocycles. The molecule has 1 aromatic heterocycles. The van der Waals surface area contributed by atoms with E-state index >= 15 is 0 Å². The Hall–Kier alpha value is -2.29. The number of rotatable bonds is 5. The summed E-state index contributed by atoms with van der Waals surface area (Å²) in [6.45, 7) is 2.16. The van der Waals surface area contributed by atoms with E-state index in [4.69, 9.17) is 31.5 Å². The molecular formula is C16H19ClN4O4. The van der Waals surface area contributed by atoms with Crippen LogP contribution in [0, 0.1) is 0 Å². The molecule has 0 aliphatic carbocycles. The van der Waals surface area contributed by atoms with Crippen LogP contribution in [-0.2, 0) is 11.3 Å². The molecule has 2 aromatic rings. The van der Waals surface area contributed by atoms with E-state index < -0.39 is 0 Å². The van der Waals surface area contributed by atoms with Crippen molar-refractivity contribution in [3.8, 4) is 17.2 Å². The van der Waals surface area contributed by atoms with Crippen molar-refractivity contribution in [3.05, 3.63) is 28.9 Å². The van der Waals surface area contributed by atoms with E-state index in [0.717, 1.165) is 0 Å². The molecule has 0 unspecified atom stereocenters. The number of morpholine rings is 1. The Morgan fingerprint density at radius 2 is 2.08 bits per heavy atom. The van der Waals surface area contributed by atoms with Crippen LogP contribution < -0.4 is 20.1 Å². The Morgan fingerprint density at radius 3 is 2.76 bits per heavy atom. The van der Waals surface area contributed by atoms with Crippen LogP contribution in [0.4, 0.5) is 11.8 Å². The molecule has 134 valence electrons. The predicted octanol–water partition coefficient (Wildman–Crippen LogP) is 1.84. The molecule has 0 spiro atoms. The largest absolute Gasteiger partial charge is 0.497 e. The van der Waals surface area contributed by atoms with Crippen molar-refractivity contribution < 1.29 is 19.3 Å². The molecule has 8 nitrogen and oxygen atoms in total. The molecule has 0 saturated carbocycles. The van der Waals surface area contributed by atoms with Crippen molar-refractivity contribution in [2.75, 3.05) is 44.0 Å². The Kier molecular flexibility index (Phi) is 5.42. The highest BCUT2D eigenvalue weighted by Gasteiger charge is 2.20. The molecule has 1 aliphatic rings. The van der Waals surface area contributed by atoms with Gasteiger partial charge in [-0.15, -0.1) is 0 Å². The van der Waals surface area contributed by atoms with E-state index in [9.17, 15) is 5.11 Å². The maximum Gasteiger partial charge on any atom is 0.228 e. The first-order valence-corrected chi connectivity index (χ1v) is 8.11. The second-order valence-corrected chi connectivity index (χ2v) is 5.75. The van der Waals surface area contributed by atoms with Gasteiger partial charge in [-0.2, -0.15) is 4.98 Å². The fraction of sp³-hybridized carbons (Fsp3) is 0.375. The third-order valence-electron chi connectivity index (χ3n) is 3.74. The molecule has 1 aromatic carbocycles. The standard InChI is InChI=1S/C16H19ClN4O4/c1-23-10-2-3-11(17)13(8-10)25-14-12(9-22)19-16(20-15(14)18)21-4-6-24-7-5-21/h2-3,8,22H,4-7,9H2,1H3,(H2,18,19,20). The number of halogens is 1. The van der Waals surface area contributed by atoms with Crippen LogP contribution in [0.2, 0.25) is 5.02 Å². The number of hydrogen-bond acceptors (Lipinski definition) is 8. The lowest BCUT2D eigenvalue weighted by Crippen LogP contribution is -2.37. The molecule has 1 saturated heterocycles. The first-order chi connectivity index (χ1) is 12.1. The van der Waals surface area contributed by atoms with Gasteiger partial charge < -0.3 is 30.0 Å². The molecule has 0 radical (unpaired) electrons. The summed E-state index contributed by atoms with van der Waals surface area (Å²) < 4.78 is 16.3. The average molecular weight is 367 g/mol. The predicted molar refractivity (Wildman–Crippen MR) is 93.5 cm³/mol. The second kappa shape index (κ2) is 7.73. The van der Waals surface area contributed by atoms with Crippen LogP contribution >= 0.6 is 11.6 Å². The van der Waals surface area contributed by atoms with Crippen LogP contribution in [0.25, 0.3) is 0 Å². The zero-order valence-corrected chi connectivity index (χ0v) is 14.5. The third-order valence-corrected chi connectivity index (χ3v) is 4.06. The van der Waals surface area contributed by atoms with Crippen LogP contribution in [0.3, 0.4) is 0 Å². The average Bonchev–Trinajstić information content (AvgIpc) is 2.65. The van der Waals surface area contributed by atoms with Crippen LogP contribution in [0.15, 0.2) is 18.2 Å². The minimum atomic E-state index is -0.346. The van der Waals surface area contributed by atoms with Crippen LogP contribution in [-0.4, -0.2) is 48.5 Å². The van der Waals surface area contributed by atoms with Gasteiger partial charge in [-0.25, -0.2) is 4.98 Å². The number of nitrogens with two attached hydrogens (primary N) is 1. The van der Waals surface area contributed by atoms with E-state index in [1.54, 1.807) is 25.3 Å². The van der Waals surface area contributed by atoms with E-state index in [-0.39, 0.29) is 23.9 Å². The van der Waals surface area contributed by atoms with Crippen molar-refractivity contribution in [1.82, 2.24) is 9.97 Å². The normalized spacial score (nSPS) is 14.4. The highest BCUT2D eigenvalue weighted by atomic mass is 35.5. The molecule has 1 aliphatic heterocycles. The van der Waals surface area contributed by atoms with Crippen LogP contribution in [0.1, 0.15) is 5.69 Å². The van der Waals surface area contributed by atoms with Gasteiger partial charge in [-0.05, 0) is 12.1 Å². The number of nitrogens with zero attached hydrogens (tertiary/aromatic N) is 3. The molecule has 3 N–H and O–H groups in total. The fourth-order valence-electron chi connectivity index (χ4n) is 2.42. The van der Waals surface area contributed by atoms with Gasteiger partial charge in [-0.1, -0.05) is 11.6 Å². The van der Waals surface area contributed by atoms with Gasteiger partial charge in [-0.3, -0.25) is 0 Å². The first-order valence-electron chi connectivity index (χ1n) is 7.73. The van der Waals surface area contributed by atoms with Crippen molar-refractivity contribution in [3.63, 3.8) is 0 Å².